The molecule has 0 atom stereocenters. The summed E-state index contributed by atoms with van der Waals surface area (Å²) >= 11 is 13.0. The van der Waals surface area contributed by atoms with Gasteiger partial charge in [0.25, 0.3) is 0 Å². The minimum atomic E-state index is 0.576. The highest BCUT2D eigenvalue weighted by molar-refractivity contribution is 7.99. The van der Waals surface area contributed by atoms with E-state index < -0.39 is 0 Å². The number of ether oxygens (including phenoxy) is 2. The van der Waals surface area contributed by atoms with Crippen LogP contribution in [-0.4, -0.2) is 31.6 Å². The minimum Gasteiger partial charge on any atom is -0.493 e. The lowest BCUT2D eigenvalue weighted by Gasteiger charge is -2.15. The summed E-state index contributed by atoms with van der Waals surface area (Å²) in [6, 6.07) is 11.6. The quantitative estimate of drug-likeness (QED) is 0.400. The van der Waals surface area contributed by atoms with E-state index >= 15 is 0 Å². The first-order valence-electron chi connectivity index (χ1n) is 7.69. The van der Waals surface area contributed by atoms with Crippen molar-refractivity contribution in [2.75, 3.05) is 31.8 Å². The number of benzene rings is 2. The Kier molecular flexibility index (Phi) is 7.68. The van der Waals surface area contributed by atoms with Gasteiger partial charge in [0.15, 0.2) is 16.6 Å². The van der Waals surface area contributed by atoms with Gasteiger partial charge in [-0.05, 0) is 55.0 Å². The van der Waals surface area contributed by atoms with Crippen molar-refractivity contribution in [3.05, 3.63) is 47.0 Å². The summed E-state index contributed by atoms with van der Waals surface area (Å²) in [6.07, 6.45) is 0. The highest BCUT2D eigenvalue weighted by Crippen LogP contribution is 2.32. The normalized spacial score (nSPS) is 10.2. The molecule has 0 saturated heterocycles. The summed E-state index contributed by atoms with van der Waals surface area (Å²) in [5.41, 5.74) is 1.91. The molecule has 0 bridgehead atoms. The number of thioether (sulfide) groups is 1. The lowest BCUT2D eigenvalue weighted by Crippen LogP contribution is -2.30. The summed E-state index contributed by atoms with van der Waals surface area (Å²) in [4.78, 5) is 1.18. The van der Waals surface area contributed by atoms with E-state index in [0.717, 1.165) is 28.6 Å². The average Bonchev–Trinajstić information content (AvgIpc) is 2.61. The fourth-order valence-electron chi connectivity index (χ4n) is 2.15. The smallest absolute Gasteiger partial charge is 0.170 e. The number of rotatable bonds is 7. The van der Waals surface area contributed by atoms with Gasteiger partial charge in [0.2, 0.25) is 0 Å². The van der Waals surface area contributed by atoms with Gasteiger partial charge in [0.1, 0.15) is 0 Å². The van der Waals surface area contributed by atoms with Gasteiger partial charge >= 0.3 is 0 Å². The van der Waals surface area contributed by atoms with Crippen molar-refractivity contribution in [3.8, 4) is 11.5 Å². The third-order valence-electron chi connectivity index (χ3n) is 3.45. The molecule has 134 valence electrons. The van der Waals surface area contributed by atoms with Gasteiger partial charge in [-0.25, -0.2) is 0 Å². The Morgan fingerprint density at radius 2 is 1.76 bits per heavy atom. The maximum absolute atomic E-state index is 5.88. The van der Waals surface area contributed by atoms with Crippen LogP contribution in [0.15, 0.2) is 41.3 Å². The van der Waals surface area contributed by atoms with E-state index in [-0.39, 0.29) is 0 Å². The Labute approximate surface area is 163 Å². The second-order valence-electron chi connectivity index (χ2n) is 5.21. The predicted octanol–water partition coefficient (Wildman–Crippen LogP) is 4.74. The third-order valence-corrected chi connectivity index (χ3v) is 4.96. The highest BCUT2D eigenvalue weighted by atomic mass is 35.5. The summed E-state index contributed by atoms with van der Waals surface area (Å²) < 4.78 is 10.6. The number of thiocarbonyl (C=S) groups is 1. The zero-order valence-electron chi connectivity index (χ0n) is 14.4. The van der Waals surface area contributed by atoms with Crippen molar-refractivity contribution in [3.63, 3.8) is 0 Å². The van der Waals surface area contributed by atoms with Crippen LogP contribution in [-0.2, 0) is 0 Å². The zero-order chi connectivity index (χ0) is 18.2. The standard InChI is InChI=1S/C18H21ClN2O2S2/c1-12-10-16(22-2)17(23-3)11-15(12)21-18(24)20-8-9-25-14-6-4-13(19)5-7-14/h4-7,10-11H,8-9H2,1-3H3,(H2,20,21,24). The second-order valence-corrected chi connectivity index (χ2v) is 7.22. The van der Waals surface area contributed by atoms with Crippen LogP contribution in [0.5, 0.6) is 11.5 Å². The molecule has 2 N–H and O–H groups in total. The molecule has 0 amide bonds. The van der Waals surface area contributed by atoms with Crippen molar-refractivity contribution in [1.82, 2.24) is 5.32 Å². The molecule has 0 heterocycles. The van der Waals surface area contributed by atoms with Crippen molar-refractivity contribution in [2.45, 2.75) is 11.8 Å². The topological polar surface area (TPSA) is 42.5 Å². The number of anilines is 1. The molecule has 25 heavy (non-hydrogen) atoms. The average molecular weight is 397 g/mol. The molecule has 0 aliphatic carbocycles. The lowest BCUT2D eigenvalue weighted by atomic mass is 10.1. The van der Waals surface area contributed by atoms with E-state index in [2.05, 4.69) is 10.6 Å². The van der Waals surface area contributed by atoms with Gasteiger partial charge < -0.3 is 20.1 Å². The predicted molar refractivity (Wildman–Crippen MR) is 111 cm³/mol. The Balaban J connectivity index is 1.83. The highest BCUT2D eigenvalue weighted by Gasteiger charge is 2.09. The summed E-state index contributed by atoms with van der Waals surface area (Å²) in [6.45, 7) is 2.74. The van der Waals surface area contributed by atoms with Gasteiger partial charge in [-0.1, -0.05) is 11.6 Å². The first kappa shape index (κ1) is 19.7. The van der Waals surface area contributed by atoms with Crippen LogP contribution in [0.1, 0.15) is 5.56 Å². The largest absolute Gasteiger partial charge is 0.493 e. The number of methoxy groups -OCH3 is 2. The van der Waals surface area contributed by atoms with Gasteiger partial charge in [-0.3, -0.25) is 0 Å². The molecule has 0 aliphatic rings. The molecule has 0 spiro atoms. The molecule has 7 heteroatoms. The van der Waals surface area contributed by atoms with E-state index in [0.29, 0.717) is 16.6 Å². The van der Waals surface area contributed by atoms with Gasteiger partial charge in [0.05, 0.1) is 14.2 Å². The molecule has 0 radical (unpaired) electrons. The molecule has 2 aromatic rings. The van der Waals surface area contributed by atoms with Crippen molar-refractivity contribution in [1.29, 1.82) is 0 Å². The van der Waals surface area contributed by atoms with Crippen LogP contribution < -0.4 is 20.1 Å². The van der Waals surface area contributed by atoms with Crippen LogP contribution >= 0.6 is 35.6 Å². The zero-order valence-corrected chi connectivity index (χ0v) is 16.8. The minimum absolute atomic E-state index is 0.576. The molecule has 2 aromatic carbocycles. The molecule has 0 fully saturated rings. The second kappa shape index (κ2) is 9.75. The van der Waals surface area contributed by atoms with Crippen LogP contribution in [0.2, 0.25) is 5.02 Å². The molecular weight excluding hydrogens is 376 g/mol. The van der Waals surface area contributed by atoms with Crippen molar-refractivity contribution >= 4 is 46.4 Å². The molecule has 4 nitrogen and oxygen atoms in total. The Morgan fingerprint density at radius 3 is 2.40 bits per heavy atom. The number of nitrogens with one attached hydrogen (secondary N) is 2. The Hall–Kier alpha value is -1.63. The maximum atomic E-state index is 5.88. The Bertz CT molecular complexity index is 724. The monoisotopic (exact) mass is 396 g/mol. The molecule has 0 aromatic heterocycles. The van der Waals surface area contributed by atoms with E-state index in [4.69, 9.17) is 33.3 Å². The number of aryl methyl sites for hydroxylation is 1. The molecule has 0 saturated carbocycles. The van der Waals surface area contributed by atoms with Crippen molar-refractivity contribution < 1.29 is 9.47 Å². The molecular formula is C18H21ClN2O2S2. The SMILES string of the molecule is COc1cc(C)c(NC(=S)NCCSc2ccc(Cl)cc2)cc1OC. The fourth-order valence-corrected chi connectivity index (χ4v) is 3.25. The first-order chi connectivity index (χ1) is 12.0. The van der Waals surface area contributed by atoms with Crippen LogP contribution in [0.4, 0.5) is 5.69 Å². The van der Waals surface area contributed by atoms with Gasteiger partial charge in [-0.2, -0.15) is 0 Å². The number of halogens is 1. The van der Waals surface area contributed by atoms with Crippen molar-refractivity contribution in [2.24, 2.45) is 0 Å². The van der Waals surface area contributed by atoms with Crippen LogP contribution in [0.25, 0.3) is 0 Å². The first-order valence-corrected chi connectivity index (χ1v) is 9.46. The molecule has 0 aliphatic heterocycles. The lowest BCUT2D eigenvalue weighted by molar-refractivity contribution is 0.355. The molecule has 0 unspecified atom stereocenters. The van der Waals surface area contributed by atoms with E-state index in [1.54, 1.807) is 26.0 Å². The molecule has 2 rings (SSSR count). The van der Waals surface area contributed by atoms with Crippen LogP contribution in [0.3, 0.4) is 0 Å². The summed E-state index contributed by atoms with van der Waals surface area (Å²) in [5.74, 6) is 2.26. The maximum Gasteiger partial charge on any atom is 0.170 e. The van der Waals surface area contributed by atoms with Gasteiger partial charge in [-0.15, -0.1) is 11.8 Å². The van der Waals surface area contributed by atoms with Gasteiger partial charge in [0, 0.05) is 34.0 Å². The summed E-state index contributed by atoms with van der Waals surface area (Å²) in [7, 11) is 3.23. The fraction of sp³-hybridized carbons (Fsp3) is 0.278. The third kappa shape index (κ3) is 5.99. The van der Waals surface area contributed by atoms with E-state index in [1.807, 2.05) is 43.3 Å². The van der Waals surface area contributed by atoms with E-state index in [1.165, 1.54) is 4.90 Å². The number of hydrogen-bond donors (Lipinski definition) is 2. The number of hydrogen-bond acceptors (Lipinski definition) is 4. The van der Waals surface area contributed by atoms with Crippen LogP contribution in [0, 0.1) is 6.92 Å². The van der Waals surface area contributed by atoms with E-state index in [9.17, 15) is 0 Å². The Morgan fingerprint density at radius 1 is 1.12 bits per heavy atom. The summed E-state index contributed by atoms with van der Waals surface area (Å²) in [5, 5.41) is 7.73.